The second kappa shape index (κ2) is 7.84. The van der Waals surface area contributed by atoms with Gasteiger partial charge in [0.1, 0.15) is 12.4 Å². The Morgan fingerprint density at radius 3 is 2.79 bits per heavy atom. The van der Waals surface area contributed by atoms with Crippen LogP contribution in [0.3, 0.4) is 0 Å². The second-order valence-electron chi connectivity index (χ2n) is 5.95. The molecule has 5 heteroatoms. The monoisotopic (exact) mass is 325 g/mol. The SMILES string of the molecule is Nc1ccc(CCCNCCOc2cccc3c2CC(=O)N3)cc1. The Bertz CT molecular complexity index is 698. The maximum atomic E-state index is 11.5. The predicted octanol–water partition coefficient (Wildman–Crippen LogP) is 2.36. The minimum absolute atomic E-state index is 0.0295. The van der Waals surface area contributed by atoms with Gasteiger partial charge in [0.05, 0.1) is 6.42 Å². The summed E-state index contributed by atoms with van der Waals surface area (Å²) in [5, 5.41) is 6.21. The van der Waals surface area contributed by atoms with E-state index in [9.17, 15) is 4.79 Å². The third-order valence-corrected chi connectivity index (χ3v) is 4.08. The van der Waals surface area contributed by atoms with Gasteiger partial charge in [-0.1, -0.05) is 18.2 Å². The average molecular weight is 325 g/mol. The fraction of sp³-hybridized carbons (Fsp3) is 0.316. The lowest BCUT2D eigenvalue weighted by molar-refractivity contribution is -0.115. The van der Waals surface area contributed by atoms with Crippen LogP contribution in [0.25, 0.3) is 0 Å². The quantitative estimate of drug-likeness (QED) is 0.514. The van der Waals surface area contributed by atoms with Crippen molar-refractivity contribution >= 4 is 17.3 Å². The Hall–Kier alpha value is -2.53. The number of benzene rings is 2. The van der Waals surface area contributed by atoms with Gasteiger partial charge in [-0.25, -0.2) is 0 Å². The zero-order valence-electron chi connectivity index (χ0n) is 13.7. The topological polar surface area (TPSA) is 76.4 Å². The summed E-state index contributed by atoms with van der Waals surface area (Å²) in [6.07, 6.45) is 2.51. The summed E-state index contributed by atoms with van der Waals surface area (Å²) in [5.74, 6) is 0.830. The minimum atomic E-state index is 0.0295. The number of anilines is 2. The van der Waals surface area contributed by atoms with Gasteiger partial charge in [-0.15, -0.1) is 0 Å². The maximum Gasteiger partial charge on any atom is 0.229 e. The molecule has 24 heavy (non-hydrogen) atoms. The van der Waals surface area contributed by atoms with E-state index < -0.39 is 0 Å². The molecule has 1 aliphatic heterocycles. The first kappa shape index (κ1) is 16.3. The normalized spacial score (nSPS) is 12.8. The van der Waals surface area contributed by atoms with E-state index in [2.05, 4.69) is 22.8 Å². The largest absolute Gasteiger partial charge is 0.492 e. The number of rotatable bonds is 8. The Kier molecular flexibility index (Phi) is 5.33. The molecule has 2 aromatic rings. The highest BCUT2D eigenvalue weighted by Gasteiger charge is 2.20. The molecule has 0 bridgehead atoms. The smallest absolute Gasteiger partial charge is 0.229 e. The number of nitrogens with two attached hydrogens (primary N) is 1. The number of hydrogen-bond acceptors (Lipinski definition) is 4. The molecule has 5 nitrogen and oxygen atoms in total. The molecule has 1 heterocycles. The number of nitrogen functional groups attached to an aromatic ring is 1. The van der Waals surface area contributed by atoms with E-state index in [0.29, 0.717) is 13.0 Å². The van der Waals surface area contributed by atoms with Crippen LogP contribution in [0.15, 0.2) is 42.5 Å². The third-order valence-electron chi connectivity index (χ3n) is 4.08. The number of hydrogen-bond donors (Lipinski definition) is 3. The Morgan fingerprint density at radius 2 is 1.96 bits per heavy atom. The molecule has 0 aromatic heterocycles. The molecule has 3 rings (SSSR count). The lowest BCUT2D eigenvalue weighted by atomic mass is 10.1. The lowest BCUT2D eigenvalue weighted by Gasteiger charge is -2.10. The Balaban J connectivity index is 1.33. The van der Waals surface area contributed by atoms with Crippen molar-refractivity contribution in [3.8, 4) is 5.75 Å². The van der Waals surface area contributed by atoms with Crippen molar-refractivity contribution in [1.29, 1.82) is 0 Å². The molecule has 1 aliphatic rings. The highest BCUT2D eigenvalue weighted by atomic mass is 16.5. The first-order valence-electron chi connectivity index (χ1n) is 8.32. The number of carbonyl (C=O) groups is 1. The molecule has 2 aromatic carbocycles. The van der Waals surface area contributed by atoms with Crippen LogP contribution in [0.2, 0.25) is 0 Å². The van der Waals surface area contributed by atoms with Crippen LogP contribution in [0.4, 0.5) is 11.4 Å². The number of fused-ring (bicyclic) bond motifs is 1. The molecule has 0 atom stereocenters. The molecule has 0 fully saturated rings. The van der Waals surface area contributed by atoms with Crippen LogP contribution in [0.1, 0.15) is 17.5 Å². The summed E-state index contributed by atoms with van der Waals surface area (Å²) < 4.78 is 5.81. The molecular weight excluding hydrogens is 302 g/mol. The first-order chi connectivity index (χ1) is 11.7. The highest BCUT2D eigenvalue weighted by Crippen LogP contribution is 2.31. The fourth-order valence-corrected chi connectivity index (χ4v) is 2.82. The Morgan fingerprint density at radius 1 is 1.12 bits per heavy atom. The summed E-state index contributed by atoms with van der Waals surface area (Å²) in [4.78, 5) is 11.5. The van der Waals surface area contributed by atoms with Gasteiger partial charge in [0.15, 0.2) is 0 Å². The summed E-state index contributed by atoms with van der Waals surface area (Å²) in [6, 6.07) is 13.7. The fourth-order valence-electron chi connectivity index (χ4n) is 2.82. The number of aryl methyl sites for hydroxylation is 1. The molecule has 126 valence electrons. The van der Waals surface area contributed by atoms with Gasteiger partial charge in [-0.2, -0.15) is 0 Å². The van der Waals surface area contributed by atoms with Crippen molar-refractivity contribution in [2.45, 2.75) is 19.3 Å². The van der Waals surface area contributed by atoms with E-state index >= 15 is 0 Å². The summed E-state index contributed by atoms with van der Waals surface area (Å²) in [7, 11) is 0. The van der Waals surface area contributed by atoms with Gasteiger partial charge in [0.25, 0.3) is 0 Å². The average Bonchev–Trinajstić information content (AvgIpc) is 2.96. The van der Waals surface area contributed by atoms with Crippen LogP contribution in [0, 0.1) is 0 Å². The van der Waals surface area contributed by atoms with Gasteiger partial charge >= 0.3 is 0 Å². The zero-order valence-corrected chi connectivity index (χ0v) is 13.7. The van der Waals surface area contributed by atoms with Gasteiger partial charge in [0, 0.05) is 23.5 Å². The van der Waals surface area contributed by atoms with E-state index in [0.717, 1.165) is 48.6 Å². The summed E-state index contributed by atoms with van der Waals surface area (Å²) >= 11 is 0. The number of nitrogens with one attached hydrogen (secondary N) is 2. The van der Waals surface area contributed by atoms with Crippen molar-refractivity contribution in [3.63, 3.8) is 0 Å². The van der Waals surface area contributed by atoms with Crippen molar-refractivity contribution in [2.75, 3.05) is 30.7 Å². The van der Waals surface area contributed by atoms with Gasteiger partial charge in [0.2, 0.25) is 5.91 Å². The van der Waals surface area contributed by atoms with Crippen molar-refractivity contribution < 1.29 is 9.53 Å². The third kappa shape index (κ3) is 4.26. The second-order valence-corrected chi connectivity index (χ2v) is 5.95. The molecular formula is C19H23N3O2. The van der Waals surface area contributed by atoms with Crippen LogP contribution in [-0.4, -0.2) is 25.6 Å². The van der Waals surface area contributed by atoms with E-state index in [1.165, 1.54) is 5.56 Å². The number of ether oxygens (including phenoxy) is 1. The molecule has 0 aliphatic carbocycles. The predicted molar refractivity (Wildman–Crippen MR) is 96.3 cm³/mol. The molecule has 4 N–H and O–H groups in total. The van der Waals surface area contributed by atoms with Crippen LogP contribution in [0.5, 0.6) is 5.75 Å². The summed E-state index contributed by atoms with van der Waals surface area (Å²) in [5.41, 5.74) is 9.62. The van der Waals surface area contributed by atoms with Crippen molar-refractivity contribution in [1.82, 2.24) is 5.32 Å². The zero-order chi connectivity index (χ0) is 16.8. The lowest BCUT2D eigenvalue weighted by Crippen LogP contribution is -2.22. The highest BCUT2D eigenvalue weighted by molar-refractivity contribution is 6.00. The Labute approximate surface area is 142 Å². The van der Waals surface area contributed by atoms with Gasteiger partial charge in [-0.3, -0.25) is 4.79 Å². The maximum absolute atomic E-state index is 11.5. The van der Waals surface area contributed by atoms with Gasteiger partial charge in [-0.05, 0) is 49.2 Å². The molecule has 0 saturated carbocycles. The molecule has 0 saturated heterocycles. The molecule has 0 unspecified atom stereocenters. The van der Waals surface area contributed by atoms with E-state index in [4.69, 9.17) is 10.5 Å². The van der Waals surface area contributed by atoms with E-state index in [1.807, 2.05) is 30.3 Å². The number of amides is 1. The minimum Gasteiger partial charge on any atom is -0.492 e. The molecule has 1 amide bonds. The van der Waals surface area contributed by atoms with E-state index in [1.54, 1.807) is 0 Å². The number of carbonyl (C=O) groups excluding carboxylic acids is 1. The van der Waals surface area contributed by atoms with Crippen LogP contribution >= 0.6 is 0 Å². The van der Waals surface area contributed by atoms with E-state index in [-0.39, 0.29) is 5.91 Å². The first-order valence-corrected chi connectivity index (χ1v) is 8.32. The van der Waals surface area contributed by atoms with Crippen LogP contribution < -0.4 is 21.1 Å². The van der Waals surface area contributed by atoms with Crippen LogP contribution in [-0.2, 0) is 17.6 Å². The van der Waals surface area contributed by atoms with Gasteiger partial charge < -0.3 is 21.1 Å². The molecule has 0 spiro atoms. The standard InChI is InChI=1S/C19H23N3O2/c20-15-8-6-14(7-9-15)3-2-10-21-11-12-24-18-5-1-4-17-16(18)13-19(23)22-17/h1,4-9,21H,2-3,10-13,20H2,(H,22,23). The molecule has 0 radical (unpaired) electrons. The van der Waals surface area contributed by atoms with Crippen molar-refractivity contribution in [3.05, 3.63) is 53.6 Å². The summed E-state index contributed by atoms with van der Waals surface area (Å²) in [6.45, 7) is 2.32. The van der Waals surface area contributed by atoms with Crippen molar-refractivity contribution in [2.24, 2.45) is 0 Å².